The van der Waals surface area contributed by atoms with Crippen LogP contribution in [0.4, 0.5) is 4.39 Å². The Bertz CT molecular complexity index is 624. The van der Waals surface area contributed by atoms with Crippen molar-refractivity contribution in [1.82, 2.24) is 9.21 Å². The van der Waals surface area contributed by atoms with Gasteiger partial charge in [0.05, 0.1) is 4.90 Å². The number of alkyl halides is 1. The number of carbonyl (C=O) groups is 1. The van der Waals surface area contributed by atoms with Gasteiger partial charge in [-0.1, -0.05) is 6.07 Å². The van der Waals surface area contributed by atoms with Crippen molar-refractivity contribution in [3.05, 3.63) is 30.1 Å². The second kappa shape index (κ2) is 6.72. The Morgan fingerprint density at radius 3 is 2.67 bits per heavy atom. The SMILES string of the molecule is O=C(CCl)N1CCCN(S(=O)(=O)c2cccc(F)c2)CC1. The molecular formula is C13H16ClFN2O3S. The molecule has 0 aliphatic carbocycles. The average molecular weight is 335 g/mol. The number of hydrogen-bond acceptors (Lipinski definition) is 3. The van der Waals surface area contributed by atoms with Crippen molar-refractivity contribution in [1.29, 1.82) is 0 Å². The van der Waals surface area contributed by atoms with Crippen LogP contribution in [0, 0.1) is 5.82 Å². The van der Waals surface area contributed by atoms with Crippen molar-refractivity contribution in [2.75, 3.05) is 32.1 Å². The molecule has 1 amide bonds. The molecule has 0 N–H and O–H groups in total. The van der Waals surface area contributed by atoms with Crippen LogP contribution in [-0.2, 0) is 14.8 Å². The number of hydrogen-bond donors (Lipinski definition) is 0. The smallest absolute Gasteiger partial charge is 0.243 e. The van der Waals surface area contributed by atoms with Gasteiger partial charge in [0, 0.05) is 26.2 Å². The van der Waals surface area contributed by atoms with E-state index in [1.54, 1.807) is 4.90 Å². The van der Waals surface area contributed by atoms with Crippen LogP contribution in [-0.4, -0.2) is 55.6 Å². The molecule has 1 heterocycles. The Morgan fingerprint density at radius 2 is 2.00 bits per heavy atom. The maximum Gasteiger partial charge on any atom is 0.243 e. The van der Waals surface area contributed by atoms with Gasteiger partial charge in [-0.15, -0.1) is 11.6 Å². The first-order valence-corrected chi connectivity index (χ1v) is 8.52. The number of sulfonamides is 1. The van der Waals surface area contributed by atoms with Crippen LogP contribution >= 0.6 is 11.6 Å². The Labute approximate surface area is 128 Å². The lowest BCUT2D eigenvalue weighted by molar-refractivity contribution is -0.128. The third kappa shape index (κ3) is 3.72. The van der Waals surface area contributed by atoms with Crippen molar-refractivity contribution in [2.24, 2.45) is 0 Å². The van der Waals surface area contributed by atoms with Crippen molar-refractivity contribution in [3.8, 4) is 0 Å². The highest BCUT2D eigenvalue weighted by atomic mass is 35.5. The van der Waals surface area contributed by atoms with E-state index in [0.717, 1.165) is 6.07 Å². The van der Waals surface area contributed by atoms with Gasteiger partial charge < -0.3 is 4.90 Å². The fourth-order valence-electron chi connectivity index (χ4n) is 2.24. The summed E-state index contributed by atoms with van der Waals surface area (Å²) in [6.07, 6.45) is 0.525. The van der Waals surface area contributed by atoms with Crippen LogP contribution in [0.2, 0.25) is 0 Å². The normalized spacial score (nSPS) is 17.5. The van der Waals surface area contributed by atoms with Crippen LogP contribution in [0.5, 0.6) is 0 Å². The molecule has 1 fully saturated rings. The molecule has 1 aliphatic rings. The number of nitrogens with zero attached hydrogens (tertiary/aromatic N) is 2. The van der Waals surface area contributed by atoms with Crippen LogP contribution in [0.1, 0.15) is 6.42 Å². The van der Waals surface area contributed by atoms with Gasteiger partial charge in [0.2, 0.25) is 15.9 Å². The van der Waals surface area contributed by atoms with Crippen LogP contribution < -0.4 is 0 Å². The summed E-state index contributed by atoms with van der Waals surface area (Å²) in [6, 6.07) is 4.93. The van der Waals surface area contributed by atoms with Gasteiger partial charge in [0.1, 0.15) is 11.7 Å². The van der Waals surface area contributed by atoms with Gasteiger partial charge in [-0.3, -0.25) is 4.79 Å². The maximum absolute atomic E-state index is 13.2. The minimum absolute atomic E-state index is 0.0698. The van der Waals surface area contributed by atoms with E-state index in [2.05, 4.69) is 0 Å². The van der Waals surface area contributed by atoms with E-state index in [1.807, 2.05) is 0 Å². The fraction of sp³-hybridized carbons (Fsp3) is 0.462. The van der Waals surface area contributed by atoms with Gasteiger partial charge in [-0.2, -0.15) is 4.31 Å². The molecule has 1 aromatic carbocycles. The summed E-state index contributed by atoms with van der Waals surface area (Å²) in [6.45, 7) is 1.24. The number of benzene rings is 1. The molecule has 1 aliphatic heterocycles. The van der Waals surface area contributed by atoms with E-state index in [4.69, 9.17) is 11.6 Å². The van der Waals surface area contributed by atoms with E-state index in [1.165, 1.54) is 22.5 Å². The molecular weight excluding hydrogens is 319 g/mol. The quantitative estimate of drug-likeness (QED) is 0.783. The van der Waals surface area contributed by atoms with Gasteiger partial charge in [0.25, 0.3) is 0 Å². The van der Waals surface area contributed by atoms with Gasteiger partial charge in [-0.25, -0.2) is 12.8 Å². The number of rotatable bonds is 3. The van der Waals surface area contributed by atoms with Gasteiger partial charge in [0.15, 0.2) is 0 Å². The van der Waals surface area contributed by atoms with Crippen LogP contribution in [0.25, 0.3) is 0 Å². The van der Waals surface area contributed by atoms with E-state index in [9.17, 15) is 17.6 Å². The predicted molar refractivity (Wildman–Crippen MR) is 77.1 cm³/mol. The largest absolute Gasteiger partial charge is 0.340 e. The van der Waals surface area contributed by atoms with E-state index < -0.39 is 15.8 Å². The lowest BCUT2D eigenvalue weighted by atomic mass is 10.4. The first kappa shape index (κ1) is 16.2. The second-order valence-electron chi connectivity index (χ2n) is 4.73. The zero-order chi connectivity index (χ0) is 15.5. The molecule has 2 rings (SSSR count). The minimum Gasteiger partial charge on any atom is -0.340 e. The molecule has 21 heavy (non-hydrogen) atoms. The summed E-state index contributed by atoms with van der Waals surface area (Å²) in [7, 11) is -3.74. The third-order valence-corrected chi connectivity index (χ3v) is 5.48. The first-order valence-electron chi connectivity index (χ1n) is 6.54. The highest BCUT2D eigenvalue weighted by Crippen LogP contribution is 2.18. The van der Waals surface area contributed by atoms with E-state index in [-0.39, 0.29) is 23.2 Å². The van der Waals surface area contributed by atoms with E-state index in [0.29, 0.717) is 26.1 Å². The van der Waals surface area contributed by atoms with Gasteiger partial charge in [-0.05, 0) is 24.6 Å². The molecule has 0 bridgehead atoms. The summed E-state index contributed by atoms with van der Waals surface area (Å²) in [5, 5.41) is 0. The van der Waals surface area contributed by atoms with Gasteiger partial charge >= 0.3 is 0 Å². The Hall–Kier alpha value is -1.18. The molecule has 0 saturated carbocycles. The van der Waals surface area contributed by atoms with Crippen molar-refractivity contribution in [2.45, 2.75) is 11.3 Å². The fourth-order valence-corrected chi connectivity index (χ4v) is 3.92. The molecule has 5 nitrogen and oxygen atoms in total. The maximum atomic E-state index is 13.2. The van der Waals surface area contributed by atoms with Crippen molar-refractivity contribution >= 4 is 27.5 Å². The summed E-state index contributed by atoms with van der Waals surface area (Å²) in [5.41, 5.74) is 0. The predicted octanol–water partition coefficient (Wildman–Crippen LogP) is 1.29. The third-order valence-electron chi connectivity index (χ3n) is 3.36. The standard InChI is InChI=1S/C13H16ClFN2O3S/c14-10-13(18)16-5-2-6-17(8-7-16)21(19,20)12-4-1-3-11(15)9-12/h1,3-4,9H,2,5-8,10H2. The Morgan fingerprint density at radius 1 is 1.24 bits per heavy atom. The topological polar surface area (TPSA) is 57.7 Å². The lowest BCUT2D eigenvalue weighted by Gasteiger charge is -2.21. The molecule has 0 radical (unpaired) electrons. The molecule has 0 aromatic heterocycles. The van der Waals surface area contributed by atoms with Crippen molar-refractivity contribution < 1.29 is 17.6 Å². The molecule has 0 unspecified atom stereocenters. The van der Waals surface area contributed by atoms with E-state index >= 15 is 0 Å². The van der Waals surface area contributed by atoms with Crippen LogP contribution in [0.15, 0.2) is 29.2 Å². The van der Waals surface area contributed by atoms with Crippen molar-refractivity contribution in [3.63, 3.8) is 0 Å². The lowest BCUT2D eigenvalue weighted by Crippen LogP contribution is -2.37. The minimum atomic E-state index is -3.74. The first-order chi connectivity index (χ1) is 9.95. The zero-order valence-corrected chi connectivity index (χ0v) is 12.9. The summed E-state index contributed by atoms with van der Waals surface area (Å²) < 4.78 is 39.4. The molecule has 0 spiro atoms. The second-order valence-corrected chi connectivity index (χ2v) is 6.93. The number of carbonyl (C=O) groups excluding carboxylic acids is 1. The molecule has 1 saturated heterocycles. The summed E-state index contributed by atoms with van der Waals surface area (Å²) in [4.78, 5) is 13.0. The van der Waals surface area contributed by atoms with Crippen LogP contribution in [0.3, 0.4) is 0 Å². The number of halogens is 2. The molecule has 8 heteroatoms. The summed E-state index contributed by atoms with van der Waals surface area (Å²) >= 11 is 5.51. The molecule has 0 atom stereocenters. The highest BCUT2D eigenvalue weighted by Gasteiger charge is 2.28. The number of amides is 1. The zero-order valence-electron chi connectivity index (χ0n) is 11.3. The Kier molecular flexibility index (Phi) is 5.18. The Balaban J connectivity index is 2.16. The molecule has 1 aromatic rings. The monoisotopic (exact) mass is 334 g/mol. The molecule has 116 valence electrons. The highest BCUT2D eigenvalue weighted by molar-refractivity contribution is 7.89. The average Bonchev–Trinajstić information content (AvgIpc) is 2.72. The summed E-state index contributed by atoms with van der Waals surface area (Å²) in [5.74, 6) is -0.914.